The highest BCUT2D eigenvalue weighted by atomic mass is 16.3. The number of fused-ring (bicyclic) bond motifs is 1. The summed E-state index contributed by atoms with van der Waals surface area (Å²) in [6.07, 6.45) is 0. The maximum absolute atomic E-state index is 12.5. The Bertz CT molecular complexity index is 1040. The third kappa shape index (κ3) is 3.22. The molecule has 0 spiro atoms. The number of carbonyl (C=O) groups is 1. The van der Waals surface area contributed by atoms with Gasteiger partial charge in [0.15, 0.2) is 0 Å². The van der Waals surface area contributed by atoms with E-state index in [9.17, 15) is 14.7 Å². The van der Waals surface area contributed by atoms with Gasteiger partial charge in [0.2, 0.25) is 5.91 Å². The molecule has 0 aliphatic heterocycles. The Morgan fingerprint density at radius 3 is 2.42 bits per heavy atom. The van der Waals surface area contributed by atoms with Crippen LogP contribution in [-0.4, -0.2) is 20.1 Å². The Hall–Kier alpha value is -3.02. The van der Waals surface area contributed by atoms with Crippen molar-refractivity contribution in [1.82, 2.24) is 9.13 Å². The summed E-state index contributed by atoms with van der Waals surface area (Å²) >= 11 is 0. The number of anilines is 1. The summed E-state index contributed by atoms with van der Waals surface area (Å²) in [6.45, 7) is 6.04. The number of phenolic OH excluding ortho intramolecular Hbond substituents is 1. The summed E-state index contributed by atoms with van der Waals surface area (Å²) in [6, 6.07) is 12.5. The lowest BCUT2D eigenvalue weighted by molar-refractivity contribution is -0.116. The smallest absolute Gasteiger partial charge is 0.329 e. The number of imidazole rings is 1. The first kappa shape index (κ1) is 17.8. The minimum atomic E-state index is -0.371. The van der Waals surface area contributed by atoms with Crippen LogP contribution in [0.3, 0.4) is 0 Å². The SMILES string of the molecule is Cn1c(=O)n(CC(=O)Nc2cc(C(C)(C)C)ccc2O)c2ccccc21. The Kier molecular flexibility index (Phi) is 4.36. The van der Waals surface area contributed by atoms with Crippen LogP contribution in [0.2, 0.25) is 0 Å². The molecule has 26 heavy (non-hydrogen) atoms. The number of nitrogens with one attached hydrogen (secondary N) is 1. The van der Waals surface area contributed by atoms with Crippen molar-refractivity contribution in [2.75, 3.05) is 5.32 Å². The number of benzene rings is 2. The van der Waals surface area contributed by atoms with Crippen molar-refractivity contribution in [2.45, 2.75) is 32.7 Å². The second-order valence-corrected chi connectivity index (χ2v) is 7.45. The van der Waals surface area contributed by atoms with Crippen molar-refractivity contribution in [3.05, 3.63) is 58.5 Å². The summed E-state index contributed by atoms with van der Waals surface area (Å²) < 4.78 is 2.94. The van der Waals surface area contributed by atoms with Gasteiger partial charge in [-0.15, -0.1) is 0 Å². The lowest BCUT2D eigenvalue weighted by atomic mass is 9.87. The number of hydrogen-bond acceptors (Lipinski definition) is 3. The average Bonchev–Trinajstić information content (AvgIpc) is 2.81. The van der Waals surface area contributed by atoms with E-state index in [2.05, 4.69) is 26.1 Å². The number of para-hydroxylation sites is 2. The van der Waals surface area contributed by atoms with Gasteiger partial charge in [0.1, 0.15) is 12.3 Å². The van der Waals surface area contributed by atoms with Crippen LogP contribution in [0.5, 0.6) is 5.75 Å². The molecule has 3 rings (SSSR count). The number of nitrogens with zero attached hydrogens (tertiary/aromatic N) is 2. The fourth-order valence-corrected chi connectivity index (χ4v) is 2.95. The third-order valence-corrected chi connectivity index (χ3v) is 4.49. The number of phenols is 1. The number of aromatic hydroxyl groups is 1. The van der Waals surface area contributed by atoms with Gasteiger partial charge in [-0.2, -0.15) is 0 Å². The molecule has 1 heterocycles. The number of hydrogen-bond donors (Lipinski definition) is 2. The molecule has 0 unspecified atom stereocenters. The van der Waals surface area contributed by atoms with Crippen LogP contribution in [0.25, 0.3) is 11.0 Å². The maximum atomic E-state index is 12.5. The quantitative estimate of drug-likeness (QED) is 0.711. The molecule has 0 bridgehead atoms. The zero-order valence-electron chi connectivity index (χ0n) is 15.4. The van der Waals surface area contributed by atoms with Crippen molar-refractivity contribution in [1.29, 1.82) is 0 Å². The molecule has 0 fully saturated rings. The summed E-state index contributed by atoms with van der Waals surface area (Å²) in [5, 5.41) is 12.8. The highest BCUT2D eigenvalue weighted by Crippen LogP contribution is 2.30. The van der Waals surface area contributed by atoms with E-state index in [1.54, 1.807) is 19.2 Å². The first-order chi connectivity index (χ1) is 12.2. The monoisotopic (exact) mass is 353 g/mol. The molecule has 0 radical (unpaired) electrons. The molecule has 0 saturated carbocycles. The van der Waals surface area contributed by atoms with Crippen LogP contribution >= 0.6 is 0 Å². The lowest BCUT2D eigenvalue weighted by Crippen LogP contribution is -2.28. The molecule has 0 aliphatic rings. The highest BCUT2D eigenvalue weighted by molar-refractivity contribution is 5.93. The van der Waals surface area contributed by atoms with Gasteiger partial charge in [-0.1, -0.05) is 39.0 Å². The Balaban J connectivity index is 1.89. The van der Waals surface area contributed by atoms with Crippen LogP contribution in [0.1, 0.15) is 26.3 Å². The topological polar surface area (TPSA) is 76.3 Å². The molecule has 6 heteroatoms. The molecule has 0 saturated heterocycles. The van der Waals surface area contributed by atoms with Gasteiger partial charge < -0.3 is 10.4 Å². The van der Waals surface area contributed by atoms with Crippen molar-refractivity contribution in [2.24, 2.45) is 7.05 Å². The number of carbonyl (C=O) groups excluding carboxylic acids is 1. The molecular formula is C20H23N3O3. The van der Waals surface area contributed by atoms with E-state index in [1.165, 1.54) is 9.13 Å². The lowest BCUT2D eigenvalue weighted by Gasteiger charge is -2.20. The van der Waals surface area contributed by atoms with Crippen molar-refractivity contribution in [3.63, 3.8) is 0 Å². The maximum Gasteiger partial charge on any atom is 0.329 e. The first-order valence-electron chi connectivity index (χ1n) is 8.46. The van der Waals surface area contributed by atoms with E-state index in [4.69, 9.17) is 0 Å². The Labute approximate surface area is 151 Å². The Morgan fingerprint density at radius 1 is 1.12 bits per heavy atom. The van der Waals surface area contributed by atoms with Crippen LogP contribution < -0.4 is 11.0 Å². The second kappa shape index (κ2) is 6.37. The molecule has 1 amide bonds. The van der Waals surface area contributed by atoms with Gasteiger partial charge in [0, 0.05) is 7.05 Å². The summed E-state index contributed by atoms with van der Waals surface area (Å²) in [7, 11) is 1.68. The minimum absolute atomic E-state index is 0.00313. The van der Waals surface area contributed by atoms with E-state index >= 15 is 0 Å². The fourth-order valence-electron chi connectivity index (χ4n) is 2.95. The van der Waals surface area contributed by atoms with E-state index in [0.717, 1.165) is 11.1 Å². The minimum Gasteiger partial charge on any atom is -0.506 e. The van der Waals surface area contributed by atoms with Gasteiger partial charge >= 0.3 is 5.69 Å². The first-order valence-corrected chi connectivity index (χ1v) is 8.46. The predicted octanol–water partition coefficient (Wildman–Crippen LogP) is 2.98. The Morgan fingerprint density at radius 2 is 1.77 bits per heavy atom. The number of aryl methyl sites for hydroxylation is 1. The van der Waals surface area contributed by atoms with Crippen molar-refractivity contribution >= 4 is 22.6 Å². The standard InChI is InChI=1S/C20H23N3O3/c1-20(2,3)13-9-10-17(24)14(11-13)21-18(25)12-23-16-8-6-5-7-15(16)22(4)19(23)26/h5-11,24H,12H2,1-4H3,(H,21,25). The van der Waals surface area contributed by atoms with Crippen LogP contribution in [0, 0.1) is 0 Å². The van der Waals surface area contributed by atoms with Crippen LogP contribution in [0.4, 0.5) is 5.69 Å². The van der Waals surface area contributed by atoms with E-state index in [1.807, 2.05) is 30.3 Å². The van der Waals surface area contributed by atoms with Gasteiger partial charge in [-0.3, -0.25) is 13.9 Å². The second-order valence-electron chi connectivity index (χ2n) is 7.45. The molecule has 6 nitrogen and oxygen atoms in total. The number of rotatable bonds is 3. The third-order valence-electron chi connectivity index (χ3n) is 4.49. The highest BCUT2D eigenvalue weighted by Gasteiger charge is 2.18. The number of amides is 1. The summed E-state index contributed by atoms with van der Waals surface area (Å²) in [5.74, 6) is -0.374. The van der Waals surface area contributed by atoms with E-state index in [0.29, 0.717) is 11.2 Å². The summed E-state index contributed by atoms with van der Waals surface area (Å²) in [5.41, 5.74) is 2.43. The zero-order chi connectivity index (χ0) is 19.1. The molecule has 0 atom stereocenters. The molecule has 2 N–H and O–H groups in total. The number of aromatic nitrogens is 2. The molecule has 3 aromatic rings. The zero-order valence-corrected chi connectivity index (χ0v) is 15.4. The van der Waals surface area contributed by atoms with Gasteiger partial charge in [0.05, 0.1) is 16.7 Å². The fraction of sp³-hybridized carbons (Fsp3) is 0.300. The van der Waals surface area contributed by atoms with Crippen LogP contribution in [-0.2, 0) is 23.8 Å². The summed E-state index contributed by atoms with van der Waals surface area (Å²) in [4.78, 5) is 24.9. The van der Waals surface area contributed by atoms with Gasteiger partial charge in [0.25, 0.3) is 0 Å². The van der Waals surface area contributed by atoms with Crippen molar-refractivity contribution in [3.8, 4) is 5.75 Å². The van der Waals surface area contributed by atoms with Gasteiger partial charge in [-0.05, 0) is 35.2 Å². The largest absolute Gasteiger partial charge is 0.506 e. The average molecular weight is 353 g/mol. The normalized spacial score (nSPS) is 11.7. The molecule has 2 aromatic carbocycles. The predicted molar refractivity (Wildman–Crippen MR) is 103 cm³/mol. The van der Waals surface area contributed by atoms with E-state index in [-0.39, 0.29) is 29.3 Å². The van der Waals surface area contributed by atoms with E-state index < -0.39 is 0 Å². The molecule has 0 aliphatic carbocycles. The molecule has 1 aromatic heterocycles. The van der Waals surface area contributed by atoms with Gasteiger partial charge in [-0.25, -0.2) is 4.79 Å². The van der Waals surface area contributed by atoms with Crippen molar-refractivity contribution < 1.29 is 9.90 Å². The molecular weight excluding hydrogens is 330 g/mol. The molecule has 136 valence electrons. The van der Waals surface area contributed by atoms with Crippen LogP contribution in [0.15, 0.2) is 47.3 Å².